The van der Waals surface area contributed by atoms with E-state index in [1.807, 2.05) is 24.0 Å². The minimum atomic E-state index is -0.129. The lowest BCUT2D eigenvalue weighted by atomic mass is 9.97. The van der Waals surface area contributed by atoms with Gasteiger partial charge in [-0.05, 0) is 50.3 Å². The fraction of sp³-hybridized carbons (Fsp3) is 0.500. The summed E-state index contributed by atoms with van der Waals surface area (Å²) >= 11 is 1.50. The number of amides is 2. The molecule has 24 heavy (non-hydrogen) atoms. The highest BCUT2D eigenvalue weighted by Gasteiger charge is 2.36. The van der Waals surface area contributed by atoms with Crippen molar-refractivity contribution >= 4 is 38.5 Å². The topological polar surface area (TPSA) is 62.3 Å². The highest BCUT2D eigenvalue weighted by molar-refractivity contribution is 7.22. The third-order valence-corrected chi connectivity index (χ3v) is 5.74. The molecule has 2 aromatic rings. The molecule has 2 amide bonds. The lowest BCUT2D eigenvalue weighted by molar-refractivity contribution is -0.135. The van der Waals surface area contributed by atoms with Crippen molar-refractivity contribution in [2.24, 2.45) is 11.8 Å². The normalized spacial score (nSPS) is 21.0. The first-order valence-corrected chi connectivity index (χ1v) is 9.38. The summed E-state index contributed by atoms with van der Waals surface area (Å²) in [6, 6.07) is 6.09. The lowest BCUT2D eigenvalue weighted by Gasteiger charge is -2.32. The summed E-state index contributed by atoms with van der Waals surface area (Å²) in [7, 11) is 0. The molecule has 1 aromatic heterocycles. The van der Waals surface area contributed by atoms with E-state index in [4.69, 9.17) is 0 Å². The van der Waals surface area contributed by atoms with Crippen LogP contribution in [0, 0.1) is 18.8 Å². The second-order valence-electron chi connectivity index (χ2n) is 6.88. The van der Waals surface area contributed by atoms with Gasteiger partial charge in [-0.1, -0.05) is 17.4 Å². The number of hydrogen-bond acceptors (Lipinski definition) is 4. The molecule has 0 spiro atoms. The minimum absolute atomic E-state index is 0.0147. The Morgan fingerprint density at radius 2 is 2.08 bits per heavy atom. The van der Waals surface area contributed by atoms with Crippen molar-refractivity contribution in [2.45, 2.75) is 32.6 Å². The number of carbonyl (C=O) groups excluding carboxylic acids is 2. The number of nitrogens with one attached hydrogen (secondary N) is 1. The Bertz CT molecular complexity index is 797. The van der Waals surface area contributed by atoms with E-state index in [-0.39, 0.29) is 23.7 Å². The van der Waals surface area contributed by atoms with Crippen molar-refractivity contribution in [3.8, 4) is 0 Å². The van der Waals surface area contributed by atoms with Crippen molar-refractivity contribution in [3.63, 3.8) is 0 Å². The molecule has 6 heteroatoms. The third-order valence-electron chi connectivity index (χ3n) is 4.80. The van der Waals surface area contributed by atoms with E-state index in [1.54, 1.807) is 0 Å². The first-order chi connectivity index (χ1) is 11.6. The van der Waals surface area contributed by atoms with Gasteiger partial charge < -0.3 is 10.2 Å². The molecular weight excluding hydrogens is 322 g/mol. The number of hydrogen-bond donors (Lipinski definition) is 1. The predicted octanol–water partition coefficient (Wildman–Crippen LogP) is 3.19. The largest absolute Gasteiger partial charge is 0.342 e. The SMILES string of the molecule is Cc1ccc2nc(NC(=O)C3CCCN(C(=O)C4CC4)C3)sc2c1. The van der Waals surface area contributed by atoms with Gasteiger partial charge in [-0.15, -0.1) is 0 Å². The van der Waals surface area contributed by atoms with Crippen LogP contribution >= 0.6 is 11.3 Å². The summed E-state index contributed by atoms with van der Waals surface area (Å²) < 4.78 is 1.08. The zero-order chi connectivity index (χ0) is 16.7. The second-order valence-corrected chi connectivity index (χ2v) is 7.91. The van der Waals surface area contributed by atoms with Gasteiger partial charge in [0.1, 0.15) is 0 Å². The first-order valence-electron chi connectivity index (χ1n) is 8.57. The highest BCUT2D eigenvalue weighted by Crippen LogP contribution is 2.33. The average molecular weight is 343 g/mol. The van der Waals surface area contributed by atoms with Crippen LogP contribution in [0.3, 0.4) is 0 Å². The van der Waals surface area contributed by atoms with E-state index >= 15 is 0 Å². The molecule has 1 atom stereocenters. The molecule has 1 aromatic carbocycles. The standard InChI is InChI=1S/C18H21N3O2S/c1-11-4-7-14-15(9-11)24-18(19-14)20-16(22)13-3-2-8-21(10-13)17(23)12-5-6-12/h4,7,9,12-13H,2-3,5-6,8,10H2,1H3,(H,19,20,22). The average Bonchev–Trinajstić information content (AvgIpc) is 3.35. The van der Waals surface area contributed by atoms with Gasteiger partial charge in [0.2, 0.25) is 11.8 Å². The molecule has 1 saturated carbocycles. The Balaban J connectivity index is 1.43. The molecule has 2 aliphatic rings. The third kappa shape index (κ3) is 3.15. The van der Waals surface area contributed by atoms with E-state index in [0.717, 1.165) is 42.4 Å². The number of aryl methyl sites for hydroxylation is 1. The number of thiazole rings is 1. The number of benzene rings is 1. The summed E-state index contributed by atoms with van der Waals surface area (Å²) in [6.07, 6.45) is 3.76. The van der Waals surface area contributed by atoms with Gasteiger partial charge in [-0.25, -0.2) is 4.98 Å². The van der Waals surface area contributed by atoms with Crippen LogP contribution in [-0.2, 0) is 9.59 Å². The van der Waals surface area contributed by atoms with E-state index in [0.29, 0.717) is 11.7 Å². The molecule has 4 rings (SSSR count). The number of anilines is 1. The number of fused-ring (bicyclic) bond motifs is 1. The van der Waals surface area contributed by atoms with Crippen LogP contribution in [0.1, 0.15) is 31.2 Å². The van der Waals surface area contributed by atoms with Crippen LogP contribution in [0.25, 0.3) is 10.2 Å². The maximum absolute atomic E-state index is 12.6. The van der Waals surface area contributed by atoms with Crippen LogP contribution in [0.15, 0.2) is 18.2 Å². The summed E-state index contributed by atoms with van der Waals surface area (Å²) in [4.78, 5) is 31.2. The van der Waals surface area contributed by atoms with Gasteiger partial charge in [0.05, 0.1) is 16.1 Å². The highest BCUT2D eigenvalue weighted by atomic mass is 32.1. The zero-order valence-corrected chi connectivity index (χ0v) is 14.6. The van der Waals surface area contributed by atoms with E-state index in [9.17, 15) is 9.59 Å². The maximum atomic E-state index is 12.6. The monoisotopic (exact) mass is 343 g/mol. The zero-order valence-electron chi connectivity index (χ0n) is 13.7. The molecular formula is C18H21N3O2S. The number of nitrogens with zero attached hydrogens (tertiary/aromatic N) is 2. The van der Waals surface area contributed by atoms with Gasteiger partial charge in [0.15, 0.2) is 5.13 Å². The molecule has 126 valence electrons. The first kappa shape index (κ1) is 15.6. The Labute approximate surface area is 145 Å². The Kier molecular flexibility index (Phi) is 4.00. The smallest absolute Gasteiger partial charge is 0.231 e. The number of carbonyl (C=O) groups is 2. The number of aromatic nitrogens is 1. The fourth-order valence-corrected chi connectivity index (χ4v) is 4.24. The molecule has 1 aliphatic carbocycles. The summed E-state index contributed by atoms with van der Waals surface area (Å²) in [5, 5.41) is 3.60. The van der Waals surface area contributed by atoms with E-state index < -0.39 is 0 Å². The second kappa shape index (κ2) is 6.16. The van der Waals surface area contributed by atoms with Crippen molar-refractivity contribution in [1.29, 1.82) is 0 Å². The van der Waals surface area contributed by atoms with Crippen LogP contribution < -0.4 is 5.32 Å². The Hall–Kier alpha value is -1.95. The van der Waals surface area contributed by atoms with Gasteiger partial charge in [-0.2, -0.15) is 0 Å². The van der Waals surface area contributed by atoms with Gasteiger partial charge in [0, 0.05) is 19.0 Å². The Morgan fingerprint density at radius 3 is 2.88 bits per heavy atom. The number of piperidine rings is 1. The fourth-order valence-electron chi connectivity index (χ4n) is 3.27. The van der Waals surface area contributed by atoms with Crippen molar-refractivity contribution < 1.29 is 9.59 Å². The molecule has 2 heterocycles. The van der Waals surface area contributed by atoms with Crippen molar-refractivity contribution in [2.75, 3.05) is 18.4 Å². The number of rotatable bonds is 3. The molecule has 1 saturated heterocycles. The predicted molar refractivity (Wildman–Crippen MR) is 95.0 cm³/mol. The minimum Gasteiger partial charge on any atom is -0.342 e. The number of likely N-dealkylation sites (tertiary alicyclic amines) is 1. The Morgan fingerprint density at radius 1 is 1.25 bits per heavy atom. The molecule has 0 radical (unpaired) electrons. The van der Waals surface area contributed by atoms with Gasteiger partial charge >= 0.3 is 0 Å². The molecule has 1 N–H and O–H groups in total. The lowest BCUT2D eigenvalue weighted by Crippen LogP contribution is -2.44. The summed E-state index contributed by atoms with van der Waals surface area (Å²) in [5.74, 6) is 0.316. The quantitative estimate of drug-likeness (QED) is 0.931. The summed E-state index contributed by atoms with van der Waals surface area (Å²) in [5.41, 5.74) is 2.10. The van der Waals surface area contributed by atoms with E-state index in [2.05, 4.69) is 16.4 Å². The molecule has 5 nitrogen and oxygen atoms in total. The van der Waals surface area contributed by atoms with Crippen molar-refractivity contribution in [3.05, 3.63) is 23.8 Å². The molecule has 2 fully saturated rings. The van der Waals surface area contributed by atoms with Gasteiger partial charge in [0.25, 0.3) is 0 Å². The van der Waals surface area contributed by atoms with Crippen LogP contribution in [-0.4, -0.2) is 34.8 Å². The molecule has 0 bridgehead atoms. The van der Waals surface area contributed by atoms with Gasteiger partial charge in [-0.3, -0.25) is 9.59 Å². The van der Waals surface area contributed by atoms with Crippen LogP contribution in [0.2, 0.25) is 0 Å². The summed E-state index contributed by atoms with van der Waals surface area (Å²) in [6.45, 7) is 3.38. The van der Waals surface area contributed by atoms with Crippen LogP contribution in [0.5, 0.6) is 0 Å². The van der Waals surface area contributed by atoms with E-state index in [1.165, 1.54) is 16.9 Å². The molecule has 1 unspecified atom stereocenters. The molecule has 1 aliphatic heterocycles. The van der Waals surface area contributed by atoms with Crippen molar-refractivity contribution in [1.82, 2.24) is 9.88 Å². The maximum Gasteiger partial charge on any atom is 0.231 e. The van der Waals surface area contributed by atoms with Crippen LogP contribution in [0.4, 0.5) is 5.13 Å².